The number of hydrogen-bond acceptors (Lipinski definition) is 1. The Bertz CT molecular complexity index is 726. The molecule has 0 spiro atoms. The number of carbonyl (C=O) groups is 1. The summed E-state index contributed by atoms with van der Waals surface area (Å²) in [5.74, 6) is 0.104. The topological polar surface area (TPSA) is 17.1 Å². The monoisotopic (exact) mass is 422 g/mol. The lowest BCUT2D eigenvalue weighted by molar-refractivity contribution is -0.114. The van der Waals surface area contributed by atoms with E-state index in [-0.39, 0.29) is 5.78 Å². The first kappa shape index (κ1) is 28.9. The van der Waals surface area contributed by atoms with Crippen LogP contribution in [0.3, 0.4) is 0 Å². The van der Waals surface area contributed by atoms with Crippen LogP contribution in [0.25, 0.3) is 0 Å². The molecule has 0 aromatic rings. The molecule has 0 unspecified atom stereocenters. The Morgan fingerprint density at radius 2 is 0.968 bits per heavy atom. The second-order valence-electron chi connectivity index (χ2n) is 8.99. The molecule has 0 heterocycles. The summed E-state index contributed by atoms with van der Waals surface area (Å²) in [4.78, 5) is 11.5. The van der Waals surface area contributed by atoms with E-state index in [1.54, 1.807) is 0 Å². The lowest BCUT2D eigenvalue weighted by atomic mass is 10.0. The van der Waals surface area contributed by atoms with Gasteiger partial charge in [0.2, 0.25) is 0 Å². The number of rotatable bonds is 16. The van der Waals surface area contributed by atoms with E-state index in [1.807, 2.05) is 0 Å². The summed E-state index contributed by atoms with van der Waals surface area (Å²) in [7, 11) is 0. The van der Waals surface area contributed by atoms with Crippen molar-refractivity contribution in [2.24, 2.45) is 0 Å². The minimum Gasteiger partial charge on any atom is -0.294 e. The van der Waals surface area contributed by atoms with Crippen molar-refractivity contribution >= 4 is 5.78 Å². The van der Waals surface area contributed by atoms with Gasteiger partial charge in [-0.3, -0.25) is 4.79 Å². The summed E-state index contributed by atoms with van der Waals surface area (Å²) < 4.78 is 0. The van der Waals surface area contributed by atoms with Gasteiger partial charge < -0.3 is 0 Å². The molecule has 0 saturated heterocycles. The van der Waals surface area contributed by atoms with Gasteiger partial charge in [0.1, 0.15) is 0 Å². The molecule has 1 heteroatoms. The van der Waals surface area contributed by atoms with E-state index in [0.29, 0.717) is 6.42 Å². The lowest BCUT2D eigenvalue weighted by Gasteiger charge is -2.02. The van der Waals surface area contributed by atoms with Crippen LogP contribution in [0.5, 0.6) is 0 Å². The molecule has 0 atom stereocenters. The quantitative estimate of drug-likeness (QED) is 0.105. The van der Waals surface area contributed by atoms with Crippen LogP contribution < -0.4 is 0 Å². The van der Waals surface area contributed by atoms with Crippen molar-refractivity contribution in [1.82, 2.24) is 0 Å². The van der Waals surface area contributed by atoms with Crippen molar-refractivity contribution in [1.29, 1.82) is 0 Å². The number of unbranched alkanes of at least 4 members (excludes halogenated alkanes) is 1. The average Bonchev–Trinajstić information content (AvgIpc) is 2.69. The second kappa shape index (κ2) is 18.6. The van der Waals surface area contributed by atoms with Gasteiger partial charge in [0.25, 0.3) is 0 Å². The fourth-order valence-corrected chi connectivity index (χ4v) is 3.26. The molecule has 0 radical (unpaired) electrons. The normalized spacial score (nSPS) is 13.1. The zero-order chi connectivity index (χ0) is 23.5. The number of ketones is 1. The molecule has 0 rings (SSSR count). The van der Waals surface area contributed by atoms with Gasteiger partial charge in [0.05, 0.1) is 0 Å². The Morgan fingerprint density at radius 3 is 1.39 bits per heavy atom. The Labute approximate surface area is 193 Å². The fourth-order valence-electron chi connectivity index (χ4n) is 3.26. The lowest BCUT2D eigenvalue weighted by Crippen LogP contribution is -1.92. The van der Waals surface area contributed by atoms with E-state index >= 15 is 0 Å². The molecule has 0 fully saturated rings. The summed E-state index contributed by atoms with van der Waals surface area (Å²) in [5.41, 5.74) is 9.71. The Morgan fingerprint density at radius 1 is 0.581 bits per heavy atom. The first-order valence-corrected chi connectivity index (χ1v) is 11.9. The summed E-state index contributed by atoms with van der Waals surface area (Å²) in [5, 5.41) is 0. The maximum Gasteiger partial charge on any atom is 0.163 e. The SMILES string of the molecule is C=C=CC(=O)CC/C(C)=C/CC/C(C)=C/CC/C=C(\C)CC/C=C(\C)CCC=C(C)C. The summed E-state index contributed by atoms with van der Waals surface area (Å²) in [6, 6.07) is 0. The highest BCUT2D eigenvalue weighted by Gasteiger charge is 1.98. The van der Waals surface area contributed by atoms with Crippen molar-refractivity contribution in [2.75, 3.05) is 0 Å². The van der Waals surface area contributed by atoms with E-state index in [0.717, 1.165) is 51.4 Å². The van der Waals surface area contributed by atoms with Crippen LogP contribution in [-0.4, -0.2) is 5.78 Å². The molecule has 1 nitrogen and oxygen atoms in total. The van der Waals surface area contributed by atoms with Gasteiger partial charge >= 0.3 is 0 Å². The Kier molecular flexibility index (Phi) is 17.4. The summed E-state index contributed by atoms with van der Waals surface area (Å²) in [6.45, 7) is 16.6. The first-order chi connectivity index (χ1) is 14.7. The molecule has 0 N–H and O–H groups in total. The van der Waals surface area contributed by atoms with Crippen molar-refractivity contribution < 1.29 is 4.79 Å². The summed E-state index contributed by atoms with van der Waals surface area (Å²) >= 11 is 0. The molecule has 0 saturated carbocycles. The zero-order valence-electron chi connectivity index (χ0n) is 21.2. The molecule has 31 heavy (non-hydrogen) atoms. The number of hydrogen-bond donors (Lipinski definition) is 0. The molecular formula is C30H46O. The fraction of sp³-hybridized carbons (Fsp3) is 0.533. The van der Waals surface area contributed by atoms with Gasteiger partial charge in [-0.15, -0.1) is 5.73 Å². The number of allylic oxidation sites excluding steroid dienone is 11. The van der Waals surface area contributed by atoms with Gasteiger partial charge in [0, 0.05) is 12.5 Å². The van der Waals surface area contributed by atoms with Gasteiger partial charge in [0.15, 0.2) is 5.78 Å². The maximum atomic E-state index is 11.5. The van der Waals surface area contributed by atoms with E-state index in [1.165, 1.54) is 40.4 Å². The third-order valence-electron chi connectivity index (χ3n) is 5.34. The standard InChI is InChI=1S/C30H46O/c1-8-14-30(31)24-23-29(7)22-13-20-27(5)17-10-9-16-26(4)19-12-21-28(6)18-11-15-25(2)3/h14-17,21-22H,1,9-13,18-20,23-24H2,2-7H3/b26-16+,27-17+,28-21+,29-22+. The van der Waals surface area contributed by atoms with Crippen molar-refractivity contribution in [3.05, 3.63) is 76.6 Å². The predicted molar refractivity (Wildman–Crippen MR) is 139 cm³/mol. The molecule has 0 aromatic heterocycles. The molecule has 172 valence electrons. The molecule has 0 bridgehead atoms. The van der Waals surface area contributed by atoms with Gasteiger partial charge in [-0.05, 0) is 99.3 Å². The largest absolute Gasteiger partial charge is 0.294 e. The highest BCUT2D eigenvalue weighted by molar-refractivity contribution is 5.89. The predicted octanol–water partition coefficient (Wildman–Crippen LogP) is 9.55. The first-order valence-electron chi connectivity index (χ1n) is 11.9. The van der Waals surface area contributed by atoms with Gasteiger partial charge in [-0.2, -0.15) is 0 Å². The second-order valence-corrected chi connectivity index (χ2v) is 8.99. The molecule has 0 aliphatic carbocycles. The zero-order valence-corrected chi connectivity index (χ0v) is 21.2. The third-order valence-corrected chi connectivity index (χ3v) is 5.34. The van der Waals surface area contributed by atoms with Crippen LogP contribution in [-0.2, 0) is 4.79 Å². The summed E-state index contributed by atoms with van der Waals surface area (Å²) in [6.07, 6.45) is 23.6. The molecule has 0 aromatic carbocycles. The van der Waals surface area contributed by atoms with Crippen LogP contribution in [0.4, 0.5) is 0 Å². The third kappa shape index (κ3) is 19.6. The van der Waals surface area contributed by atoms with Crippen LogP contribution in [0.2, 0.25) is 0 Å². The molecular weight excluding hydrogens is 376 g/mol. The molecule has 0 aliphatic rings. The van der Waals surface area contributed by atoms with Crippen molar-refractivity contribution in [2.45, 2.75) is 106 Å². The molecule has 0 amide bonds. The molecule has 0 aliphatic heterocycles. The highest BCUT2D eigenvalue weighted by atomic mass is 16.1. The van der Waals surface area contributed by atoms with Crippen molar-refractivity contribution in [3.63, 3.8) is 0 Å². The number of carbonyl (C=O) groups excluding carboxylic acids is 1. The van der Waals surface area contributed by atoms with Crippen LogP contribution in [0, 0.1) is 0 Å². The van der Waals surface area contributed by atoms with Crippen LogP contribution in [0.1, 0.15) is 106 Å². The van der Waals surface area contributed by atoms with Gasteiger partial charge in [-0.25, -0.2) is 0 Å². The van der Waals surface area contributed by atoms with E-state index in [9.17, 15) is 4.79 Å². The Hall–Kier alpha value is -2.11. The minimum atomic E-state index is 0.104. The smallest absolute Gasteiger partial charge is 0.163 e. The van der Waals surface area contributed by atoms with E-state index in [4.69, 9.17) is 0 Å². The van der Waals surface area contributed by atoms with E-state index < -0.39 is 0 Å². The minimum absolute atomic E-state index is 0.104. The average molecular weight is 423 g/mol. The maximum absolute atomic E-state index is 11.5. The van der Waals surface area contributed by atoms with Gasteiger partial charge in [-0.1, -0.05) is 64.8 Å². The highest BCUT2D eigenvalue weighted by Crippen LogP contribution is 2.14. The van der Waals surface area contributed by atoms with Crippen LogP contribution in [0.15, 0.2) is 76.6 Å². The van der Waals surface area contributed by atoms with Crippen LogP contribution >= 0.6 is 0 Å². The Balaban J connectivity index is 4.09. The van der Waals surface area contributed by atoms with Crippen molar-refractivity contribution in [3.8, 4) is 0 Å². The van der Waals surface area contributed by atoms with E-state index in [2.05, 4.69) is 84.2 Å².